The van der Waals surface area contributed by atoms with Crippen molar-refractivity contribution in [3.63, 3.8) is 0 Å². The Morgan fingerprint density at radius 1 is 1.36 bits per heavy atom. The van der Waals surface area contributed by atoms with Crippen LogP contribution in [0, 0.1) is 5.41 Å². The van der Waals surface area contributed by atoms with Gasteiger partial charge in [-0.25, -0.2) is 4.98 Å². The summed E-state index contributed by atoms with van der Waals surface area (Å²) in [6.07, 6.45) is 8.35. The lowest BCUT2D eigenvalue weighted by atomic mass is 9.73. The Kier molecular flexibility index (Phi) is 5.19. The predicted molar refractivity (Wildman–Crippen MR) is 102 cm³/mol. The third-order valence-electron chi connectivity index (χ3n) is 6.03. The molecule has 2 fully saturated rings. The normalized spacial score (nSPS) is 22.8. The minimum absolute atomic E-state index is 0.0244. The van der Waals surface area contributed by atoms with Crippen LogP contribution in [0.1, 0.15) is 54.5 Å². The van der Waals surface area contributed by atoms with E-state index in [-0.39, 0.29) is 17.2 Å². The molecule has 1 N–H and O–H groups in total. The van der Waals surface area contributed by atoms with Gasteiger partial charge >= 0.3 is 0 Å². The van der Waals surface area contributed by atoms with E-state index in [0.29, 0.717) is 31.8 Å². The van der Waals surface area contributed by atoms with Gasteiger partial charge in [-0.15, -0.1) is 0 Å². The van der Waals surface area contributed by atoms with Gasteiger partial charge in [0.15, 0.2) is 0 Å². The highest BCUT2D eigenvalue weighted by Crippen LogP contribution is 2.39. The molecular formula is C20H27N5O3. The Balaban J connectivity index is 1.42. The molecule has 0 bridgehead atoms. The zero-order chi connectivity index (χ0) is 19.6. The molecule has 8 nitrogen and oxygen atoms in total. The summed E-state index contributed by atoms with van der Waals surface area (Å²) in [6, 6.07) is 1.74. The van der Waals surface area contributed by atoms with Gasteiger partial charge in [0.25, 0.3) is 5.91 Å². The third-order valence-corrected chi connectivity index (χ3v) is 6.03. The molecule has 0 aromatic carbocycles. The number of nitrogens with one attached hydrogen (secondary N) is 1. The second-order valence-electron chi connectivity index (χ2n) is 8.01. The molecule has 2 aliphatic rings. The second-order valence-corrected chi connectivity index (χ2v) is 8.01. The summed E-state index contributed by atoms with van der Waals surface area (Å²) in [7, 11) is 0. The van der Waals surface area contributed by atoms with Crippen molar-refractivity contribution in [2.45, 2.75) is 45.4 Å². The van der Waals surface area contributed by atoms with Crippen LogP contribution in [0.2, 0.25) is 0 Å². The number of hydrogen-bond acceptors (Lipinski definition) is 5. The van der Waals surface area contributed by atoms with Crippen molar-refractivity contribution < 1.29 is 14.1 Å². The van der Waals surface area contributed by atoms with Crippen molar-refractivity contribution in [3.05, 3.63) is 35.7 Å². The first-order valence-corrected chi connectivity index (χ1v) is 10.1. The molecule has 2 aromatic rings. The molecule has 0 unspecified atom stereocenters. The van der Waals surface area contributed by atoms with Gasteiger partial charge in [-0.05, 0) is 25.7 Å². The topological polar surface area (TPSA) is 95.3 Å². The molecular weight excluding hydrogens is 358 g/mol. The molecule has 2 aliphatic heterocycles. The van der Waals surface area contributed by atoms with Gasteiger partial charge in [0.05, 0.1) is 12.0 Å². The lowest BCUT2D eigenvalue weighted by Gasteiger charge is -2.48. The summed E-state index contributed by atoms with van der Waals surface area (Å²) in [4.78, 5) is 36.3. The standard InChI is InChI=1S/C20H27N5O3/c1-2-15-10-17(28-23-15)19(27)25-8-3-6-20(13-25)7-4-18(26)24(12-20)9-5-16-11-21-14-22-16/h10-11,14H,2-9,12-13H2,1H3,(H,21,22)/t20-/m1/s1. The first-order chi connectivity index (χ1) is 13.6. The number of carbonyl (C=O) groups is 2. The summed E-state index contributed by atoms with van der Waals surface area (Å²) >= 11 is 0. The van der Waals surface area contributed by atoms with Gasteiger partial charge in [0.2, 0.25) is 11.7 Å². The number of rotatable bonds is 5. The summed E-state index contributed by atoms with van der Waals surface area (Å²) in [5.74, 6) is 0.431. The number of aromatic nitrogens is 3. The zero-order valence-corrected chi connectivity index (χ0v) is 16.3. The van der Waals surface area contributed by atoms with E-state index >= 15 is 0 Å². The van der Waals surface area contributed by atoms with Crippen LogP contribution in [0.3, 0.4) is 0 Å². The van der Waals surface area contributed by atoms with Crippen molar-refractivity contribution >= 4 is 11.8 Å². The van der Waals surface area contributed by atoms with Gasteiger partial charge in [0, 0.05) is 62.4 Å². The van der Waals surface area contributed by atoms with Crippen LogP contribution in [0.25, 0.3) is 0 Å². The van der Waals surface area contributed by atoms with Crippen molar-refractivity contribution in [1.29, 1.82) is 0 Å². The minimum atomic E-state index is -0.0906. The maximum absolute atomic E-state index is 12.9. The lowest BCUT2D eigenvalue weighted by Crippen LogP contribution is -2.55. The maximum atomic E-state index is 12.9. The number of imidazole rings is 1. The second kappa shape index (κ2) is 7.77. The van der Waals surface area contributed by atoms with E-state index < -0.39 is 0 Å². The monoisotopic (exact) mass is 385 g/mol. The van der Waals surface area contributed by atoms with E-state index in [1.54, 1.807) is 18.6 Å². The number of nitrogens with zero attached hydrogens (tertiary/aromatic N) is 4. The lowest BCUT2D eigenvalue weighted by molar-refractivity contribution is -0.138. The predicted octanol–water partition coefficient (Wildman–Crippen LogP) is 2.05. The zero-order valence-electron chi connectivity index (χ0n) is 16.3. The van der Waals surface area contributed by atoms with Crippen LogP contribution >= 0.6 is 0 Å². The SMILES string of the molecule is CCc1cc(C(=O)N2CCC[C@]3(CCC(=O)N(CCc4cnc[nH]4)C3)C2)on1. The molecule has 8 heteroatoms. The number of piperidine rings is 2. The highest BCUT2D eigenvalue weighted by molar-refractivity contribution is 5.91. The molecule has 1 spiro atoms. The number of aryl methyl sites for hydroxylation is 1. The van der Waals surface area contributed by atoms with Gasteiger partial charge in [-0.3, -0.25) is 9.59 Å². The highest BCUT2D eigenvalue weighted by atomic mass is 16.5. The molecule has 0 radical (unpaired) electrons. The van der Waals surface area contributed by atoms with Gasteiger partial charge in [-0.1, -0.05) is 12.1 Å². The number of aromatic amines is 1. The van der Waals surface area contributed by atoms with Crippen LogP contribution in [0.5, 0.6) is 0 Å². The van der Waals surface area contributed by atoms with Gasteiger partial charge < -0.3 is 19.3 Å². The van der Waals surface area contributed by atoms with Crippen molar-refractivity contribution in [1.82, 2.24) is 24.9 Å². The summed E-state index contributed by atoms with van der Waals surface area (Å²) < 4.78 is 5.25. The fourth-order valence-corrected chi connectivity index (χ4v) is 4.43. The van der Waals surface area contributed by atoms with E-state index in [2.05, 4.69) is 15.1 Å². The molecule has 1 atom stereocenters. The quantitative estimate of drug-likeness (QED) is 0.850. The van der Waals surface area contributed by atoms with Crippen LogP contribution in [0.15, 0.2) is 23.1 Å². The number of likely N-dealkylation sites (tertiary alicyclic amines) is 2. The molecule has 2 amide bonds. The Hall–Kier alpha value is -2.64. The van der Waals surface area contributed by atoms with E-state index in [1.807, 2.05) is 16.7 Å². The number of hydrogen-bond donors (Lipinski definition) is 1. The van der Waals surface area contributed by atoms with Crippen LogP contribution < -0.4 is 0 Å². The summed E-state index contributed by atoms with van der Waals surface area (Å²) in [6.45, 7) is 4.77. The molecule has 150 valence electrons. The molecule has 0 aliphatic carbocycles. The average molecular weight is 385 g/mol. The fourth-order valence-electron chi connectivity index (χ4n) is 4.43. The minimum Gasteiger partial charge on any atom is -0.351 e. The van der Waals surface area contributed by atoms with Crippen molar-refractivity contribution in [2.75, 3.05) is 26.2 Å². The van der Waals surface area contributed by atoms with Crippen LogP contribution in [-0.4, -0.2) is 62.9 Å². The van der Waals surface area contributed by atoms with Crippen molar-refractivity contribution in [2.24, 2.45) is 5.41 Å². The Morgan fingerprint density at radius 2 is 2.25 bits per heavy atom. The Labute approximate surface area is 164 Å². The van der Waals surface area contributed by atoms with Gasteiger partial charge in [-0.2, -0.15) is 0 Å². The van der Waals surface area contributed by atoms with Crippen molar-refractivity contribution in [3.8, 4) is 0 Å². The number of carbonyl (C=O) groups excluding carboxylic acids is 2. The van der Waals surface area contributed by atoms with Gasteiger partial charge in [0.1, 0.15) is 0 Å². The molecule has 4 heterocycles. The third kappa shape index (κ3) is 3.81. The maximum Gasteiger partial charge on any atom is 0.292 e. The molecule has 2 aromatic heterocycles. The molecule has 28 heavy (non-hydrogen) atoms. The Bertz CT molecular complexity index is 831. The number of amides is 2. The largest absolute Gasteiger partial charge is 0.351 e. The molecule has 4 rings (SSSR count). The van der Waals surface area contributed by atoms with E-state index in [0.717, 1.165) is 50.0 Å². The van der Waals surface area contributed by atoms with E-state index in [9.17, 15) is 9.59 Å². The fraction of sp³-hybridized carbons (Fsp3) is 0.600. The molecule has 0 saturated carbocycles. The number of H-pyrrole nitrogens is 1. The first-order valence-electron chi connectivity index (χ1n) is 10.1. The summed E-state index contributed by atoms with van der Waals surface area (Å²) in [5, 5.41) is 3.94. The molecule has 2 saturated heterocycles. The Morgan fingerprint density at radius 3 is 3.00 bits per heavy atom. The van der Waals surface area contributed by atoms with E-state index in [1.165, 1.54) is 0 Å². The smallest absolute Gasteiger partial charge is 0.292 e. The highest BCUT2D eigenvalue weighted by Gasteiger charge is 2.43. The average Bonchev–Trinajstić information content (AvgIpc) is 3.40. The first kappa shape index (κ1) is 18.7. The van der Waals surface area contributed by atoms with Crippen LogP contribution in [0.4, 0.5) is 0 Å². The van der Waals surface area contributed by atoms with Crippen LogP contribution in [-0.2, 0) is 17.6 Å². The summed E-state index contributed by atoms with van der Waals surface area (Å²) in [5.41, 5.74) is 1.80. The van der Waals surface area contributed by atoms with E-state index in [4.69, 9.17) is 4.52 Å².